The zero-order valence-corrected chi connectivity index (χ0v) is 10.3. The standard InChI is InChI=1S/C14H18O2/c1-10-5-6-14(11(2)7-10)13(9-16-4)8-12(3)15/h5-8H,9H2,1-4H3/b13-8-. The molecule has 0 aliphatic rings. The van der Waals surface area contributed by atoms with Crippen molar-refractivity contribution in [3.8, 4) is 0 Å². The smallest absolute Gasteiger partial charge is 0.152 e. The summed E-state index contributed by atoms with van der Waals surface area (Å²) in [5.74, 6) is 0.0482. The molecule has 1 aromatic carbocycles. The van der Waals surface area contributed by atoms with E-state index in [4.69, 9.17) is 4.74 Å². The van der Waals surface area contributed by atoms with Crippen molar-refractivity contribution in [2.24, 2.45) is 0 Å². The van der Waals surface area contributed by atoms with Gasteiger partial charge in [0.05, 0.1) is 6.61 Å². The number of ether oxygens (including phenoxy) is 1. The average Bonchev–Trinajstić information content (AvgIpc) is 2.16. The van der Waals surface area contributed by atoms with Crippen LogP contribution in [0.1, 0.15) is 23.6 Å². The highest BCUT2D eigenvalue weighted by Gasteiger charge is 2.06. The molecule has 0 bridgehead atoms. The minimum Gasteiger partial charge on any atom is -0.380 e. The van der Waals surface area contributed by atoms with Crippen LogP contribution in [0.4, 0.5) is 0 Å². The first-order valence-electron chi connectivity index (χ1n) is 5.32. The molecule has 0 saturated heterocycles. The lowest BCUT2D eigenvalue weighted by molar-refractivity contribution is -0.112. The number of hydrogen-bond acceptors (Lipinski definition) is 2. The molecule has 0 aliphatic heterocycles. The van der Waals surface area contributed by atoms with Gasteiger partial charge in [0.2, 0.25) is 0 Å². The zero-order chi connectivity index (χ0) is 12.1. The Kier molecular flexibility index (Phi) is 4.44. The molecule has 86 valence electrons. The summed E-state index contributed by atoms with van der Waals surface area (Å²) >= 11 is 0. The van der Waals surface area contributed by atoms with Gasteiger partial charge in [0.1, 0.15) is 0 Å². The highest BCUT2D eigenvalue weighted by atomic mass is 16.5. The van der Waals surface area contributed by atoms with Crippen molar-refractivity contribution in [1.82, 2.24) is 0 Å². The van der Waals surface area contributed by atoms with Crippen LogP contribution in [-0.2, 0) is 9.53 Å². The van der Waals surface area contributed by atoms with E-state index in [-0.39, 0.29) is 5.78 Å². The predicted molar refractivity (Wildman–Crippen MR) is 66.5 cm³/mol. The van der Waals surface area contributed by atoms with Gasteiger partial charge in [0.25, 0.3) is 0 Å². The number of ketones is 1. The van der Waals surface area contributed by atoms with Crippen molar-refractivity contribution in [2.45, 2.75) is 20.8 Å². The van der Waals surface area contributed by atoms with E-state index in [2.05, 4.69) is 13.0 Å². The maximum Gasteiger partial charge on any atom is 0.152 e. The molecule has 16 heavy (non-hydrogen) atoms. The maximum absolute atomic E-state index is 11.1. The fraction of sp³-hybridized carbons (Fsp3) is 0.357. The SMILES string of the molecule is COC/C(=C/C(C)=O)c1ccc(C)cc1C. The van der Waals surface area contributed by atoms with Gasteiger partial charge < -0.3 is 4.74 Å². The normalized spacial score (nSPS) is 11.6. The maximum atomic E-state index is 11.1. The minimum atomic E-state index is 0.0482. The molecule has 0 unspecified atom stereocenters. The predicted octanol–water partition coefficient (Wildman–Crippen LogP) is 2.92. The molecule has 0 spiro atoms. The lowest BCUT2D eigenvalue weighted by Crippen LogP contribution is -1.99. The van der Waals surface area contributed by atoms with Crippen molar-refractivity contribution < 1.29 is 9.53 Å². The van der Waals surface area contributed by atoms with Crippen molar-refractivity contribution >= 4 is 11.4 Å². The van der Waals surface area contributed by atoms with Crippen molar-refractivity contribution in [2.75, 3.05) is 13.7 Å². The van der Waals surface area contributed by atoms with Gasteiger partial charge in [-0.1, -0.05) is 23.8 Å². The summed E-state index contributed by atoms with van der Waals surface area (Å²) in [5, 5.41) is 0. The molecule has 0 heterocycles. The third-order valence-corrected chi connectivity index (χ3v) is 2.41. The highest BCUT2D eigenvalue weighted by Crippen LogP contribution is 2.20. The Morgan fingerprint density at radius 3 is 2.56 bits per heavy atom. The fourth-order valence-corrected chi connectivity index (χ4v) is 1.77. The number of aryl methyl sites for hydroxylation is 2. The Balaban J connectivity index is 3.16. The number of hydrogen-bond donors (Lipinski definition) is 0. The second-order valence-electron chi connectivity index (χ2n) is 4.03. The summed E-state index contributed by atoms with van der Waals surface area (Å²) in [6.45, 7) is 6.12. The molecule has 0 radical (unpaired) electrons. The largest absolute Gasteiger partial charge is 0.380 e. The van der Waals surface area contributed by atoms with Gasteiger partial charge in [-0.15, -0.1) is 0 Å². The van der Waals surface area contributed by atoms with Crippen molar-refractivity contribution in [1.29, 1.82) is 0 Å². The second kappa shape index (κ2) is 5.61. The van der Waals surface area contributed by atoms with Crippen LogP contribution in [0, 0.1) is 13.8 Å². The molecule has 1 rings (SSSR count). The third-order valence-electron chi connectivity index (χ3n) is 2.41. The minimum absolute atomic E-state index is 0.0482. The first-order valence-corrected chi connectivity index (χ1v) is 5.32. The topological polar surface area (TPSA) is 26.3 Å². The number of benzene rings is 1. The van der Waals surface area contributed by atoms with E-state index in [0.717, 1.165) is 11.1 Å². The molecular weight excluding hydrogens is 200 g/mol. The summed E-state index contributed by atoms with van der Waals surface area (Å²) in [7, 11) is 1.64. The molecule has 1 aromatic rings. The van der Waals surface area contributed by atoms with Crippen molar-refractivity contribution in [3.63, 3.8) is 0 Å². The summed E-state index contributed by atoms with van der Waals surface area (Å²) in [6.07, 6.45) is 1.64. The Hall–Kier alpha value is -1.41. The van der Waals surface area contributed by atoms with E-state index in [1.54, 1.807) is 20.1 Å². The average molecular weight is 218 g/mol. The van der Waals surface area contributed by atoms with E-state index in [0.29, 0.717) is 6.61 Å². The number of carbonyl (C=O) groups is 1. The van der Waals surface area contributed by atoms with Gasteiger partial charge in [-0.05, 0) is 43.5 Å². The van der Waals surface area contributed by atoms with E-state index >= 15 is 0 Å². The van der Waals surface area contributed by atoms with Crippen LogP contribution in [0.3, 0.4) is 0 Å². The molecule has 0 amide bonds. The quantitative estimate of drug-likeness (QED) is 0.726. The van der Waals surface area contributed by atoms with E-state index in [1.165, 1.54) is 11.1 Å². The molecule has 0 aliphatic carbocycles. The molecule has 0 N–H and O–H groups in total. The third kappa shape index (κ3) is 3.31. The number of methoxy groups -OCH3 is 1. The van der Waals surface area contributed by atoms with E-state index < -0.39 is 0 Å². The van der Waals surface area contributed by atoms with E-state index in [9.17, 15) is 4.79 Å². The Morgan fingerprint density at radius 1 is 1.38 bits per heavy atom. The summed E-state index contributed by atoms with van der Waals surface area (Å²) in [5.41, 5.74) is 4.42. The first kappa shape index (κ1) is 12.7. The van der Waals surface area contributed by atoms with Crippen LogP contribution in [-0.4, -0.2) is 19.5 Å². The lowest BCUT2D eigenvalue weighted by atomic mass is 9.98. The van der Waals surface area contributed by atoms with Crippen LogP contribution in [0.15, 0.2) is 24.3 Å². The second-order valence-corrected chi connectivity index (χ2v) is 4.03. The van der Waals surface area contributed by atoms with Crippen LogP contribution < -0.4 is 0 Å². The van der Waals surface area contributed by atoms with Crippen LogP contribution in [0.25, 0.3) is 5.57 Å². The summed E-state index contributed by atoms with van der Waals surface area (Å²) in [4.78, 5) is 11.1. The highest BCUT2D eigenvalue weighted by molar-refractivity contribution is 5.95. The number of allylic oxidation sites excluding steroid dienone is 1. The number of carbonyl (C=O) groups excluding carboxylic acids is 1. The van der Waals surface area contributed by atoms with Crippen LogP contribution >= 0.6 is 0 Å². The molecule has 0 fully saturated rings. The van der Waals surface area contributed by atoms with Gasteiger partial charge in [-0.25, -0.2) is 0 Å². The van der Waals surface area contributed by atoms with Gasteiger partial charge in [0, 0.05) is 7.11 Å². The molecule has 0 saturated carbocycles. The van der Waals surface area contributed by atoms with E-state index in [1.807, 2.05) is 19.1 Å². The number of rotatable bonds is 4. The van der Waals surface area contributed by atoms with Gasteiger partial charge in [-0.3, -0.25) is 4.79 Å². The molecule has 0 aromatic heterocycles. The monoisotopic (exact) mass is 218 g/mol. The lowest BCUT2D eigenvalue weighted by Gasteiger charge is -2.10. The summed E-state index contributed by atoms with van der Waals surface area (Å²) < 4.78 is 5.12. The van der Waals surface area contributed by atoms with Crippen molar-refractivity contribution in [3.05, 3.63) is 41.0 Å². The molecule has 2 nitrogen and oxygen atoms in total. The Bertz CT molecular complexity index is 417. The van der Waals surface area contributed by atoms with Gasteiger partial charge >= 0.3 is 0 Å². The zero-order valence-electron chi connectivity index (χ0n) is 10.3. The summed E-state index contributed by atoms with van der Waals surface area (Å²) in [6, 6.07) is 6.20. The fourth-order valence-electron chi connectivity index (χ4n) is 1.77. The Labute approximate surface area is 96.9 Å². The van der Waals surface area contributed by atoms with Gasteiger partial charge in [-0.2, -0.15) is 0 Å². The molecule has 0 atom stereocenters. The van der Waals surface area contributed by atoms with Crippen LogP contribution in [0.2, 0.25) is 0 Å². The Morgan fingerprint density at radius 2 is 2.06 bits per heavy atom. The van der Waals surface area contributed by atoms with Crippen LogP contribution in [0.5, 0.6) is 0 Å². The molecular formula is C14H18O2. The first-order chi connectivity index (χ1) is 7.54. The molecule has 2 heteroatoms. The van der Waals surface area contributed by atoms with Gasteiger partial charge in [0.15, 0.2) is 5.78 Å².